The first-order valence-electron chi connectivity index (χ1n) is 15.1. The van der Waals surface area contributed by atoms with Gasteiger partial charge in [0.2, 0.25) is 0 Å². The Morgan fingerprint density at radius 1 is 0.889 bits per heavy atom. The third kappa shape index (κ3) is 12.4. The van der Waals surface area contributed by atoms with Gasteiger partial charge in [0.25, 0.3) is 0 Å². The number of aliphatic hydroxyl groups excluding tert-OH is 2. The fourth-order valence-electron chi connectivity index (χ4n) is 4.88. The molecule has 0 saturated carbocycles. The summed E-state index contributed by atoms with van der Waals surface area (Å²) in [5, 5.41) is 39.2. The number of hydrogen-bond acceptors (Lipinski definition) is 8. The molecule has 4 amide bonds. The fraction of sp³-hybridized carbons (Fsp3) is 0.531. The van der Waals surface area contributed by atoms with E-state index in [9.17, 15) is 29.7 Å². The van der Waals surface area contributed by atoms with Crippen molar-refractivity contribution >= 4 is 18.2 Å². The first-order valence-corrected chi connectivity index (χ1v) is 15.1. The van der Waals surface area contributed by atoms with Crippen LogP contribution in [0, 0.1) is 0 Å². The molecule has 0 spiro atoms. The number of alkyl carbamates (subject to hydrolysis) is 1. The van der Waals surface area contributed by atoms with Crippen LogP contribution in [0.5, 0.6) is 5.75 Å². The molecule has 3 rings (SSSR count). The second-order valence-corrected chi connectivity index (χ2v) is 12.2. The number of hydrogen-bond donors (Lipinski definition) is 6. The van der Waals surface area contributed by atoms with Gasteiger partial charge in [-0.15, -0.1) is 0 Å². The van der Waals surface area contributed by atoms with Crippen LogP contribution < -0.4 is 20.7 Å². The van der Waals surface area contributed by atoms with Crippen LogP contribution in [-0.4, -0.2) is 120 Å². The van der Waals surface area contributed by atoms with E-state index in [1.165, 1.54) is 0 Å². The maximum absolute atomic E-state index is 12.6. The molecule has 248 valence electrons. The number of nitrogens with one attached hydrogen (secondary N) is 3. The fourth-order valence-corrected chi connectivity index (χ4v) is 4.88. The molecular formula is C32H47N5O8. The summed E-state index contributed by atoms with van der Waals surface area (Å²) >= 11 is 0. The second-order valence-electron chi connectivity index (χ2n) is 12.2. The average Bonchev–Trinajstić information content (AvgIpc) is 3.29. The molecule has 45 heavy (non-hydrogen) atoms. The highest BCUT2D eigenvalue weighted by Gasteiger charge is 2.27. The number of likely N-dealkylation sites (N-methyl/N-ethyl adjacent to an activating group) is 1. The number of nitrogens with zero attached hydrogens (tertiary/aromatic N) is 2. The average molecular weight is 630 g/mol. The summed E-state index contributed by atoms with van der Waals surface area (Å²) in [7, 11) is 1.77. The summed E-state index contributed by atoms with van der Waals surface area (Å²) in [5.41, 5.74) is 0.955. The van der Waals surface area contributed by atoms with E-state index in [0.29, 0.717) is 32.0 Å². The molecule has 1 saturated heterocycles. The van der Waals surface area contributed by atoms with Crippen molar-refractivity contribution in [1.29, 1.82) is 0 Å². The normalized spacial score (nSPS) is 16.1. The number of aliphatic hydroxyl groups is 2. The minimum absolute atomic E-state index is 0.000648. The summed E-state index contributed by atoms with van der Waals surface area (Å²) in [6, 6.07) is 15.0. The lowest BCUT2D eigenvalue weighted by molar-refractivity contribution is 0.0416. The molecule has 4 atom stereocenters. The van der Waals surface area contributed by atoms with Gasteiger partial charge in [-0.05, 0) is 56.9 Å². The summed E-state index contributed by atoms with van der Waals surface area (Å²) in [6.45, 7) is 7.45. The quantitative estimate of drug-likeness (QED) is 0.163. The summed E-state index contributed by atoms with van der Waals surface area (Å²) < 4.78 is 11.2. The molecule has 1 aliphatic rings. The zero-order valence-corrected chi connectivity index (χ0v) is 26.4. The lowest BCUT2D eigenvalue weighted by atomic mass is 10.00. The van der Waals surface area contributed by atoms with E-state index in [-0.39, 0.29) is 32.0 Å². The van der Waals surface area contributed by atoms with Crippen LogP contribution in [0.15, 0.2) is 54.6 Å². The Morgan fingerprint density at radius 2 is 1.47 bits per heavy atom. The van der Waals surface area contributed by atoms with E-state index in [4.69, 9.17) is 9.47 Å². The van der Waals surface area contributed by atoms with E-state index in [0.717, 1.165) is 11.1 Å². The minimum atomic E-state index is -1.25. The zero-order chi connectivity index (χ0) is 33.0. The highest BCUT2D eigenvalue weighted by atomic mass is 16.6. The van der Waals surface area contributed by atoms with E-state index < -0.39 is 42.1 Å². The highest BCUT2D eigenvalue weighted by molar-refractivity contribution is 5.76. The molecule has 0 aromatic heterocycles. The number of amides is 4. The predicted octanol–water partition coefficient (Wildman–Crippen LogP) is 2.06. The van der Waals surface area contributed by atoms with E-state index in [2.05, 4.69) is 16.0 Å². The van der Waals surface area contributed by atoms with Crippen LogP contribution in [0.2, 0.25) is 0 Å². The van der Waals surface area contributed by atoms with Crippen LogP contribution in [0.4, 0.5) is 14.4 Å². The van der Waals surface area contributed by atoms with Gasteiger partial charge in [0, 0.05) is 33.2 Å². The summed E-state index contributed by atoms with van der Waals surface area (Å²) in [5.74, 6) is 0.631. The number of benzene rings is 2. The Kier molecular flexibility index (Phi) is 13.3. The molecule has 0 aliphatic carbocycles. The third-order valence-electron chi connectivity index (χ3n) is 7.26. The topological polar surface area (TPSA) is 173 Å². The van der Waals surface area contributed by atoms with Gasteiger partial charge >= 0.3 is 18.2 Å². The predicted molar refractivity (Wildman–Crippen MR) is 168 cm³/mol. The van der Waals surface area contributed by atoms with Crippen molar-refractivity contribution < 1.29 is 39.2 Å². The molecule has 13 heteroatoms. The molecule has 0 bridgehead atoms. The monoisotopic (exact) mass is 629 g/mol. The smallest absolute Gasteiger partial charge is 0.407 e. The maximum atomic E-state index is 12.6. The molecule has 1 unspecified atom stereocenters. The van der Waals surface area contributed by atoms with Gasteiger partial charge < -0.3 is 50.5 Å². The lowest BCUT2D eigenvalue weighted by Crippen LogP contribution is -2.52. The van der Waals surface area contributed by atoms with Crippen molar-refractivity contribution in [2.75, 3.05) is 46.4 Å². The first kappa shape index (κ1) is 35.4. The van der Waals surface area contributed by atoms with E-state index >= 15 is 0 Å². The Labute approximate surface area is 264 Å². The van der Waals surface area contributed by atoms with Crippen LogP contribution in [0.1, 0.15) is 31.9 Å². The molecule has 13 nitrogen and oxygen atoms in total. The number of carbonyl (C=O) groups is 3. The van der Waals surface area contributed by atoms with Gasteiger partial charge in [0.1, 0.15) is 18.0 Å². The van der Waals surface area contributed by atoms with Gasteiger partial charge in [-0.2, -0.15) is 0 Å². The number of ether oxygens (including phenoxy) is 2. The van der Waals surface area contributed by atoms with Gasteiger partial charge in [-0.3, -0.25) is 0 Å². The van der Waals surface area contributed by atoms with E-state index in [1.807, 2.05) is 42.5 Å². The molecule has 6 N–H and O–H groups in total. The molecule has 1 aliphatic heterocycles. The second kappa shape index (κ2) is 16.8. The van der Waals surface area contributed by atoms with E-state index in [1.54, 1.807) is 49.8 Å². The van der Waals surface area contributed by atoms with Crippen LogP contribution in [0.3, 0.4) is 0 Å². The highest BCUT2D eigenvalue weighted by Crippen LogP contribution is 2.16. The Balaban J connectivity index is 1.57. The minimum Gasteiger partial charge on any atom is -0.492 e. The van der Waals surface area contributed by atoms with Crippen molar-refractivity contribution in [3.63, 3.8) is 0 Å². The number of carbonyl (C=O) groups excluding carboxylic acids is 2. The van der Waals surface area contributed by atoms with Crippen LogP contribution in [-0.2, 0) is 17.6 Å². The number of carboxylic acid groups (broad SMARTS) is 1. The Bertz CT molecular complexity index is 1220. The van der Waals surface area contributed by atoms with Crippen LogP contribution in [0.25, 0.3) is 0 Å². The van der Waals surface area contributed by atoms with Crippen molar-refractivity contribution in [3.05, 3.63) is 65.7 Å². The van der Waals surface area contributed by atoms with Gasteiger partial charge in [-0.1, -0.05) is 42.5 Å². The summed E-state index contributed by atoms with van der Waals surface area (Å²) in [6.07, 6.45) is -3.52. The summed E-state index contributed by atoms with van der Waals surface area (Å²) in [4.78, 5) is 39.4. The van der Waals surface area contributed by atoms with Crippen molar-refractivity contribution in [1.82, 2.24) is 25.8 Å². The molecule has 2 aromatic rings. The molecule has 0 radical (unpaired) electrons. The molecule has 2 aromatic carbocycles. The SMILES string of the molecule is CN1CCN(CCOc2ccc(C[C@H](NC(=O)OC(C)(C)C)C(O)CNC[C@@H](O)[C@H](Cc3ccccc3)NC(=O)O)cc2)C1=O. The van der Waals surface area contributed by atoms with Gasteiger partial charge in [0.05, 0.1) is 30.8 Å². The van der Waals surface area contributed by atoms with Crippen molar-refractivity contribution in [3.8, 4) is 5.75 Å². The first-order chi connectivity index (χ1) is 21.3. The lowest BCUT2D eigenvalue weighted by Gasteiger charge is -2.28. The Morgan fingerprint density at radius 3 is 2.00 bits per heavy atom. The van der Waals surface area contributed by atoms with Crippen molar-refractivity contribution in [2.24, 2.45) is 0 Å². The molecule has 1 fully saturated rings. The third-order valence-corrected chi connectivity index (χ3v) is 7.26. The standard InChI is InChI=1S/C32H47N5O8/c1-32(2,3)45-30(42)35-26(19-23-10-12-24(13-11-23)44-17-16-37-15-14-36(4)31(37)43)28(39)21-33-20-27(38)25(34-29(40)41)18-22-8-6-5-7-9-22/h5-13,25-28,33-34,38-39H,14-21H2,1-4H3,(H,35,42)(H,40,41)/t25-,26-,27+,28?/m0/s1. The maximum Gasteiger partial charge on any atom is 0.407 e. The largest absolute Gasteiger partial charge is 0.492 e. The Hall–Kier alpha value is -4.07. The van der Waals surface area contributed by atoms with Gasteiger partial charge in [0.15, 0.2) is 0 Å². The van der Waals surface area contributed by atoms with Crippen molar-refractivity contribution in [2.45, 2.75) is 63.5 Å². The molecule has 1 heterocycles. The molecular weight excluding hydrogens is 582 g/mol. The van der Waals surface area contributed by atoms with Crippen LogP contribution >= 0.6 is 0 Å². The number of urea groups is 1. The zero-order valence-electron chi connectivity index (χ0n) is 26.4. The van der Waals surface area contributed by atoms with Gasteiger partial charge in [-0.25, -0.2) is 14.4 Å². The number of rotatable bonds is 16.